The molecule has 0 atom stereocenters. The quantitative estimate of drug-likeness (QED) is 0.740. The fraction of sp³-hybridized carbons (Fsp3) is 0.615. The summed E-state index contributed by atoms with van der Waals surface area (Å²) < 4.78 is 23.2. The molecule has 0 aliphatic carbocycles. The molecule has 0 saturated carbocycles. The molecule has 3 rings (SSSR count). The summed E-state index contributed by atoms with van der Waals surface area (Å²) in [7, 11) is -0.592. The van der Waals surface area contributed by atoms with Crippen molar-refractivity contribution in [2.24, 2.45) is 0 Å². The van der Waals surface area contributed by atoms with Crippen LogP contribution in [0, 0.1) is 0 Å². The lowest BCUT2D eigenvalue weighted by Gasteiger charge is -2.32. The summed E-state index contributed by atoms with van der Waals surface area (Å²) in [6.07, 6.45) is 1.54. The predicted octanol–water partition coefficient (Wildman–Crippen LogP) is 1.81. The molecule has 0 aromatic carbocycles. The number of aromatic nitrogens is 1. The number of hydrogen-bond acceptors (Lipinski definition) is 5. The Hall–Kier alpha value is -0.975. The zero-order chi connectivity index (χ0) is 14.5. The van der Waals surface area contributed by atoms with Crippen molar-refractivity contribution in [1.29, 1.82) is 0 Å². The van der Waals surface area contributed by atoms with Crippen LogP contribution in [0.5, 0.6) is 11.6 Å². The van der Waals surface area contributed by atoms with E-state index < -0.39 is 18.3 Å². The number of hydrogen-bond donors (Lipinski definition) is 0. The van der Waals surface area contributed by atoms with Gasteiger partial charge in [0.2, 0.25) is 0 Å². The molecule has 7 heteroatoms. The third-order valence-electron chi connectivity index (χ3n) is 4.05. The predicted molar refractivity (Wildman–Crippen MR) is 76.0 cm³/mol. The molecule has 0 spiro atoms. The molecule has 1 aromatic rings. The molecule has 0 radical (unpaired) electrons. The number of fused-ring (bicyclic) bond motifs is 1. The zero-order valence-corrected chi connectivity index (χ0v) is 12.8. The second-order valence-corrected chi connectivity index (χ2v) is 6.35. The highest BCUT2D eigenvalue weighted by molar-refractivity contribution is 6.66. The van der Waals surface area contributed by atoms with Crippen molar-refractivity contribution in [2.75, 3.05) is 13.2 Å². The summed E-state index contributed by atoms with van der Waals surface area (Å²) >= 11 is 6.27. The lowest BCUT2D eigenvalue weighted by atomic mass is 9.78. The van der Waals surface area contributed by atoms with Crippen molar-refractivity contribution >= 4 is 24.2 Å². The second kappa shape index (κ2) is 4.51. The van der Waals surface area contributed by atoms with Crippen molar-refractivity contribution in [1.82, 2.24) is 4.98 Å². The average molecular weight is 298 g/mol. The summed E-state index contributed by atoms with van der Waals surface area (Å²) in [6.45, 7) is 8.90. The molecular formula is C13H17BClNO4. The van der Waals surface area contributed by atoms with E-state index in [2.05, 4.69) is 4.98 Å². The first-order valence-corrected chi connectivity index (χ1v) is 6.99. The molecule has 0 unspecified atom stereocenters. The normalized spacial score (nSPS) is 22.9. The Balaban J connectivity index is 2.04. The van der Waals surface area contributed by atoms with Crippen LogP contribution in [0.25, 0.3) is 0 Å². The molecule has 2 aliphatic heterocycles. The summed E-state index contributed by atoms with van der Waals surface area (Å²) in [5.74, 6) is 0.951. The average Bonchev–Trinajstić information content (AvgIpc) is 2.57. The number of nitrogens with zero attached hydrogens (tertiary/aromatic N) is 1. The molecule has 20 heavy (non-hydrogen) atoms. The monoisotopic (exact) mass is 297 g/mol. The van der Waals surface area contributed by atoms with E-state index in [1.54, 1.807) is 0 Å². The molecule has 2 aliphatic rings. The Morgan fingerprint density at radius 2 is 1.70 bits per heavy atom. The van der Waals surface area contributed by atoms with Gasteiger partial charge in [-0.2, -0.15) is 0 Å². The molecule has 0 amide bonds. The van der Waals surface area contributed by atoms with Gasteiger partial charge in [-0.3, -0.25) is 0 Å². The van der Waals surface area contributed by atoms with Gasteiger partial charge < -0.3 is 18.8 Å². The standard InChI is InChI=1S/C13H17BClNO4/c1-12(2)13(3,4)20-14(19-12)9-8(15)7-16-11-10(9)17-5-6-18-11/h7H,5-6H2,1-4H3. The van der Waals surface area contributed by atoms with Gasteiger partial charge >= 0.3 is 7.12 Å². The van der Waals surface area contributed by atoms with Crippen LogP contribution < -0.4 is 14.9 Å². The van der Waals surface area contributed by atoms with E-state index >= 15 is 0 Å². The summed E-state index contributed by atoms with van der Waals surface area (Å²) in [5, 5.41) is 0.452. The van der Waals surface area contributed by atoms with E-state index in [0.717, 1.165) is 0 Å². The minimum absolute atomic E-state index is 0.436. The van der Waals surface area contributed by atoms with Crippen LogP contribution in [0.1, 0.15) is 27.7 Å². The fourth-order valence-corrected chi connectivity index (χ4v) is 2.40. The number of pyridine rings is 1. The molecule has 1 fully saturated rings. The Bertz CT molecular complexity index is 533. The first-order chi connectivity index (χ1) is 9.32. The highest BCUT2D eigenvalue weighted by Crippen LogP contribution is 2.39. The van der Waals surface area contributed by atoms with E-state index in [1.165, 1.54) is 6.20 Å². The van der Waals surface area contributed by atoms with Gasteiger partial charge in [-0.25, -0.2) is 4.98 Å². The van der Waals surface area contributed by atoms with Crippen LogP contribution in [0.4, 0.5) is 0 Å². The maximum Gasteiger partial charge on any atom is 0.500 e. The number of rotatable bonds is 1. The SMILES string of the molecule is CC1(C)OB(c2c(Cl)cnc3c2OCCO3)OC1(C)C. The molecule has 1 aromatic heterocycles. The van der Waals surface area contributed by atoms with E-state index in [4.69, 9.17) is 30.4 Å². The van der Waals surface area contributed by atoms with Gasteiger partial charge in [-0.05, 0) is 27.7 Å². The molecule has 0 bridgehead atoms. The lowest BCUT2D eigenvalue weighted by Crippen LogP contribution is -2.41. The van der Waals surface area contributed by atoms with Gasteiger partial charge in [-0.1, -0.05) is 11.6 Å². The van der Waals surface area contributed by atoms with Gasteiger partial charge in [0.05, 0.1) is 21.7 Å². The smallest absolute Gasteiger partial charge is 0.485 e. The first-order valence-electron chi connectivity index (χ1n) is 6.61. The Labute approximate surface area is 123 Å². The third kappa shape index (κ3) is 2.06. The molecule has 108 valence electrons. The van der Waals surface area contributed by atoms with Crippen LogP contribution in [0.2, 0.25) is 5.02 Å². The highest BCUT2D eigenvalue weighted by atomic mass is 35.5. The van der Waals surface area contributed by atoms with E-state index in [1.807, 2.05) is 27.7 Å². The molecule has 5 nitrogen and oxygen atoms in total. The van der Waals surface area contributed by atoms with Crippen molar-refractivity contribution in [3.05, 3.63) is 11.2 Å². The van der Waals surface area contributed by atoms with Gasteiger partial charge in [0.1, 0.15) is 13.2 Å². The van der Waals surface area contributed by atoms with Gasteiger partial charge in [0.25, 0.3) is 5.88 Å². The van der Waals surface area contributed by atoms with Crippen LogP contribution in [0.3, 0.4) is 0 Å². The van der Waals surface area contributed by atoms with Crippen molar-refractivity contribution in [3.63, 3.8) is 0 Å². The van der Waals surface area contributed by atoms with Gasteiger partial charge in [0, 0.05) is 6.20 Å². The molecular weight excluding hydrogens is 280 g/mol. The zero-order valence-electron chi connectivity index (χ0n) is 12.0. The molecule has 3 heterocycles. The van der Waals surface area contributed by atoms with Crippen LogP contribution in [-0.2, 0) is 9.31 Å². The topological polar surface area (TPSA) is 49.8 Å². The maximum absolute atomic E-state index is 6.27. The minimum Gasteiger partial charge on any atom is -0.485 e. The second-order valence-electron chi connectivity index (χ2n) is 5.94. The number of ether oxygens (including phenoxy) is 2. The van der Waals surface area contributed by atoms with E-state index in [9.17, 15) is 0 Å². The van der Waals surface area contributed by atoms with Gasteiger partial charge in [0.15, 0.2) is 5.75 Å². The van der Waals surface area contributed by atoms with Crippen molar-refractivity contribution in [2.45, 2.75) is 38.9 Å². The lowest BCUT2D eigenvalue weighted by molar-refractivity contribution is 0.00578. The van der Waals surface area contributed by atoms with E-state index in [0.29, 0.717) is 35.3 Å². The Morgan fingerprint density at radius 1 is 1.10 bits per heavy atom. The van der Waals surface area contributed by atoms with Gasteiger partial charge in [-0.15, -0.1) is 0 Å². The third-order valence-corrected chi connectivity index (χ3v) is 4.35. The highest BCUT2D eigenvalue weighted by Gasteiger charge is 2.53. The van der Waals surface area contributed by atoms with Crippen LogP contribution >= 0.6 is 11.6 Å². The van der Waals surface area contributed by atoms with Crippen molar-refractivity contribution in [3.8, 4) is 11.6 Å². The minimum atomic E-state index is -0.592. The van der Waals surface area contributed by atoms with Crippen LogP contribution in [-0.4, -0.2) is 36.5 Å². The number of halogens is 1. The molecule has 0 N–H and O–H groups in total. The summed E-state index contributed by atoms with van der Waals surface area (Å²) in [6, 6.07) is 0. The summed E-state index contributed by atoms with van der Waals surface area (Å²) in [4.78, 5) is 4.13. The van der Waals surface area contributed by atoms with Crippen molar-refractivity contribution < 1.29 is 18.8 Å². The Kier molecular flexibility index (Phi) is 3.16. The first kappa shape index (κ1) is 14.0. The van der Waals surface area contributed by atoms with Crippen LogP contribution in [0.15, 0.2) is 6.20 Å². The van der Waals surface area contributed by atoms with E-state index in [-0.39, 0.29) is 0 Å². The fourth-order valence-electron chi connectivity index (χ4n) is 2.17. The Morgan fingerprint density at radius 3 is 2.35 bits per heavy atom. The summed E-state index contributed by atoms with van der Waals surface area (Å²) in [5.41, 5.74) is -0.227. The molecule has 1 saturated heterocycles. The maximum atomic E-state index is 6.27. The largest absolute Gasteiger partial charge is 0.500 e.